The highest BCUT2D eigenvalue weighted by atomic mass is 35.5. The molecule has 1 aromatic carbocycles. The van der Waals surface area contributed by atoms with Gasteiger partial charge in [-0.1, -0.05) is 23.7 Å². The Morgan fingerprint density at radius 3 is 2.44 bits per heavy atom. The third-order valence-electron chi connectivity index (χ3n) is 3.91. The Bertz CT molecular complexity index is 950. The zero-order chi connectivity index (χ0) is 19.6. The van der Waals surface area contributed by atoms with Gasteiger partial charge in [-0.3, -0.25) is 4.79 Å². The summed E-state index contributed by atoms with van der Waals surface area (Å²) in [5, 5.41) is 7.43. The standard InChI is InChI=1S/C18H14ClF3N4O/c1-11-15(17(27)24-8-12-2-5-14(19)6-3-12)10-25-26(11)16-7-4-13(9-23-16)18(20,21)22/h2-7,9-10H,8H2,1H3,(H,24,27). The number of alkyl halides is 3. The van der Waals surface area contributed by atoms with Gasteiger partial charge in [-0.2, -0.15) is 18.3 Å². The molecule has 0 aliphatic carbocycles. The Labute approximate surface area is 157 Å². The van der Waals surface area contributed by atoms with E-state index in [1.807, 2.05) is 0 Å². The fraction of sp³-hybridized carbons (Fsp3) is 0.167. The van der Waals surface area contributed by atoms with Crippen LogP contribution in [0.2, 0.25) is 5.02 Å². The van der Waals surface area contributed by atoms with Crippen LogP contribution in [-0.4, -0.2) is 20.7 Å². The van der Waals surface area contributed by atoms with Gasteiger partial charge in [0.25, 0.3) is 5.91 Å². The van der Waals surface area contributed by atoms with Gasteiger partial charge in [0, 0.05) is 17.8 Å². The topological polar surface area (TPSA) is 59.8 Å². The van der Waals surface area contributed by atoms with E-state index in [9.17, 15) is 18.0 Å². The molecule has 5 nitrogen and oxygen atoms in total. The molecule has 140 valence electrons. The molecule has 2 aromatic heterocycles. The number of amides is 1. The summed E-state index contributed by atoms with van der Waals surface area (Å²) in [6.07, 6.45) is -2.37. The molecule has 3 rings (SSSR count). The zero-order valence-corrected chi connectivity index (χ0v) is 14.8. The van der Waals surface area contributed by atoms with Crippen LogP contribution in [0.1, 0.15) is 27.2 Å². The average molecular weight is 395 g/mol. The van der Waals surface area contributed by atoms with Gasteiger partial charge in [-0.05, 0) is 36.8 Å². The van der Waals surface area contributed by atoms with Crippen LogP contribution in [0, 0.1) is 6.92 Å². The van der Waals surface area contributed by atoms with Gasteiger partial charge in [0.2, 0.25) is 0 Å². The molecule has 3 aromatic rings. The van der Waals surface area contributed by atoms with E-state index in [4.69, 9.17) is 11.6 Å². The highest BCUT2D eigenvalue weighted by Crippen LogP contribution is 2.28. The van der Waals surface area contributed by atoms with Crippen LogP contribution in [0.25, 0.3) is 5.82 Å². The molecule has 0 fully saturated rings. The SMILES string of the molecule is Cc1c(C(=O)NCc2ccc(Cl)cc2)cnn1-c1ccc(C(F)(F)F)cn1. The van der Waals surface area contributed by atoms with Crippen molar-refractivity contribution in [3.8, 4) is 5.82 Å². The molecule has 0 bridgehead atoms. The smallest absolute Gasteiger partial charge is 0.348 e. The minimum atomic E-state index is -4.46. The quantitative estimate of drug-likeness (QED) is 0.722. The van der Waals surface area contributed by atoms with E-state index in [0.29, 0.717) is 22.8 Å². The van der Waals surface area contributed by atoms with Crippen molar-refractivity contribution in [1.29, 1.82) is 0 Å². The van der Waals surface area contributed by atoms with E-state index < -0.39 is 11.7 Å². The molecule has 0 radical (unpaired) electrons. The second kappa shape index (κ2) is 7.40. The third kappa shape index (κ3) is 4.28. The molecular formula is C18H14ClF3N4O. The van der Waals surface area contributed by atoms with Crippen LogP contribution in [0.3, 0.4) is 0 Å². The normalized spacial score (nSPS) is 11.4. The molecule has 0 spiro atoms. The first-order valence-corrected chi connectivity index (χ1v) is 8.24. The number of aromatic nitrogens is 3. The summed E-state index contributed by atoms with van der Waals surface area (Å²) in [5.41, 5.74) is 0.806. The van der Waals surface area contributed by atoms with E-state index in [2.05, 4.69) is 15.4 Å². The number of nitrogens with zero attached hydrogens (tertiary/aromatic N) is 3. The van der Waals surface area contributed by atoms with Gasteiger partial charge in [0.05, 0.1) is 23.0 Å². The monoisotopic (exact) mass is 394 g/mol. The molecule has 27 heavy (non-hydrogen) atoms. The summed E-state index contributed by atoms with van der Waals surface area (Å²) in [7, 11) is 0. The van der Waals surface area contributed by atoms with Gasteiger partial charge < -0.3 is 5.32 Å². The van der Waals surface area contributed by atoms with Crippen LogP contribution in [-0.2, 0) is 12.7 Å². The number of hydrogen-bond donors (Lipinski definition) is 1. The van der Waals surface area contributed by atoms with Crippen LogP contribution in [0.5, 0.6) is 0 Å². The Morgan fingerprint density at radius 1 is 1.15 bits per heavy atom. The molecule has 0 unspecified atom stereocenters. The lowest BCUT2D eigenvalue weighted by Crippen LogP contribution is -2.23. The summed E-state index contributed by atoms with van der Waals surface area (Å²) in [4.78, 5) is 16.2. The van der Waals surface area contributed by atoms with E-state index in [-0.39, 0.29) is 11.7 Å². The van der Waals surface area contributed by atoms with E-state index in [0.717, 1.165) is 17.8 Å². The number of nitrogens with one attached hydrogen (secondary N) is 1. The highest BCUT2D eigenvalue weighted by molar-refractivity contribution is 6.30. The first kappa shape index (κ1) is 18.9. The van der Waals surface area contributed by atoms with Crippen molar-refractivity contribution in [3.63, 3.8) is 0 Å². The Morgan fingerprint density at radius 2 is 1.85 bits per heavy atom. The lowest BCUT2D eigenvalue weighted by atomic mass is 10.2. The lowest BCUT2D eigenvalue weighted by Gasteiger charge is -2.08. The number of rotatable bonds is 4. The fourth-order valence-electron chi connectivity index (χ4n) is 2.42. The largest absolute Gasteiger partial charge is 0.417 e. The average Bonchev–Trinajstić information content (AvgIpc) is 3.02. The number of carbonyl (C=O) groups excluding carboxylic acids is 1. The molecule has 0 saturated carbocycles. The van der Waals surface area contributed by atoms with Crippen molar-refractivity contribution in [2.45, 2.75) is 19.6 Å². The molecule has 9 heteroatoms. The van der Waals surface area contributed by atoms with Crippen molar-refractivity contribution >= 4 is 17.5 Å². The summed E-state index contributed by atoms with van der Waals surface area (Å²) < 4.78 is 39.2. The number of benzene rings is 1. The molecule has 0 aliphatic rings. The van der Waals surface area contributed by atoms with Crippen LogP contribution in [0.15, 0.2) is 48.8 Å². The first-order chi connectivity index (χ1) is 12.8. The van der Waals surface area contributed by atoms with Crippen LogP contribution in [0.4, 0.5) is 13.2 Å². The summed E-state index contributed by atoms with van der Waals surface area (Å²) in [6.45, 7) is 1.95. The highest BCUT2D eigenvalue weighted by Gasteiger charge is 2.30. The summed E-state index contributed by atoms with van der Waals surface area (Å²) in [5.74, 6) is -0.155. The second-order valence-electron chi connectivity index (χ2n) is 5.77. The molecule has 2 heterocycles. The van der Waals surface area contributed by atoms with Crippen LogP contribution < -0.4 is 5.32 Å². The number of pyridine rings is 1. The number of hydrogen-bond acceptors (Lipinski definition) is 3. The molecule has 0 aliphatic heterocycles. The first-order valence-electron chi connectivity index (χ1n) is 7.86. The van der Waals surface area contributed by atoms with Gasteiger partial charge in [0.1, 0.15) is 0 Å². The van der Waals surface area contributed by atoms with Gasteiger partial charge in [0.15, 0.2) is 5.82 Å². The van der Waals surface area contributed by atoms with E-state index >= 15 is 0 Å². The summed E-state index contributed by atoms with van der Waals surface area (Å²) in [6, 6.07) is 9.17. The van der Waals surface area contributed by atoms with Gasteiger partial charge >= 0.3 is 6.18 Å². The van der Waals surface area contributed by atoms with Crippen LogP contribution >= 0.6 is 11.6 Å². The van der Waals surface area contributed by atoms with Crippen molar-refractivity contribution < 1.29 is 18.0 Å². The molecule has 0 saturated heterocycles. The van der Waals surface area contributed by atoms with E-state index in [1.165, 1.54) is 16.9 Å². The second-order valence-corrected chi connectivity index (χ2v) is 6.20. The van der Waals surface area contributed by atoms with Gasteiger partial charge in [-0.25, -0.2) is 9.67 Å². The lowest BCUT2D eigenvalue weighted by molar-refractivity contribution is -0.137. The predicted octanol–water partition coefficient (Wildman–Crippen LogP) is 4.18. The molecular weight excluding hydrogens is 381 g/mol. The maximum Gasteiger partial charge on any atom is 0.417 e. The van der Waals surface area contributed by atoms with E-state index in [1.54, 1.807) is 31.2 Å². The Kier molecular flexibility index (Phi) is 5.18. The number of carbonyl (C=O) groups is 1. The molecule has 1 N–H and O–H groups in total. The van der Waals surface area contributed by atoms with Gasteiger partial charge in [-0.15, -0.1) is 0 Å². The maximum absolute atomic E-state index is 12.6. The van der Waals surface area contributed by atoms with Crippen molar-refractivity contribution in [3.05, 3.63) is 76.2 Å². The predicted molar refractivity (Wildman–Crippen MR) is 93.7 cm³/mol. The van der Waals surface area contributed by atoms with Crippen molar-refractivity contribution in [2.75, 3.05) is 0 Å². The van der Waals surface area contributed by atoms with Crippen molar-refractivity contribution in [1.82, 2.24) is 20.1 Å². The molecule has 1 amide bonds. The number of halogens is 4. The Balaban J connectivity index is 1.74. The summed E-state index contributed by atoms with van der Waals surface area (Å²) >= 11 is 5.82. The van der Waals surface area contributed by atoms with Crippen molar-refractivity contribution in [2.24, 2.45) is 0 Å². The third-order valence-corrected chi connectivity index (χ3v) is 4.16. The zero-order valence-electron chi connectivity index (χ0n) is 14.1. The minimum Gasteiger partial charge on any atom is -0.348 e. The molecule has 0 atom stereocenters. The maximum atomic E-state index is 12.6. The fourth-order valence-corrected chi connectivity index (χ4v) is 2.55. The minimum absolute atomic E-state index is 0.192. The Hall–Kier alpha value is -2.87.